The van der Waals surface area contributed by atoms with Crippen molar-refractivity contribution in [2.24, 2.45) is 0 Å². The summed E-state index contributed by atoms with van der Waals surface area (Å²) in [5.41, 5.74) is 1.64. The van der Waals surface area contributed by atoms with Crippen molar-refractivity contribution >= 4 is 5.78 Å². The van der Waals surface area contributed by atoms with Gasteiger partial charge in [0, 0.05) is 17.5 Å². The van der Waals surface area contributed by atoms with Crippen LogP contribution < -0.4 is 9.47 Å². The lowest BCUT2D eigenvalue weighted by molar-refractivity contribution is 0.0987. The van der Waals surface area contributed by atoms with Crippen LogP contribution in [0.4, 0.5) is 0 Å². The van der Waals surface area contributed by atoms with Gasteiger partial charge in [0.05, 0.1) is 14.2 Å². The fourth-order valence-corrected chi connectivity index (χ4v) is 1.70. The molecule has 0 amide bonds. The van der Waals surface area contributed by atoms with Crippen LogP contribution in [0.15, 0.2) is 12.1 Å². The number of carbonyl (C=O) groups is 1. The average Bonchev–Trinajstić information content (AvgIpc) is 2.35. The Hall–Kier alpha value is -1.51. The zero-order valence-electron chi connectivity index (χ0n) is 10.3. The molecule has 1 aromatic carbocycles. The number of benzene rings is 1. The van der Waals surface area contributed by atoms with Gasteiger partial charge in [-0.3, -0.25) is 4.79 Å². The first-order valence-electron chi connectivity index (χ1n) is 5.45. The van der Waals surface area contributed by atoms with Gasteiger partial charge >= 0.3 is 0 Å². The number of carbonyl (C=O) groups excluding carboxylic acids is 1. The average molecular weight is 222 g/mol. The fourth-order valence-electron chi connectivity index (χ4n) is 1.70. The van der Waals surface area contributed by atoms with Gasteiger partial charge in [-0.2, -0.15) is 0 Å². The summed E-state index contributed by atoms with van der Waals surface area (Å²) in [7, 11) is 3.21. The molecule has 0 aromatic heterocycles. The highest BCUT2D eigenvalue weighted by Crippen LogP contribution is 2.31. The second-order valence-corrected chi connectivity index (χ2v) is 3.49. The van der Waals surface area contributed by atoms with Crippen LogP contribution in [0, 0.1) is 0 Å². The van der Waals surface area contributed by atoms with Gasteiger partial charge in [0.15, 0.2) is 5.78 Å². The third kappa shape index (κ3) is 2.35. The predicted octanol–water partition coefficient (Wildman–Crippen LogP) is 2.86. The molecule has 0 saturated carbocycles. The second-order valence-electron chi connectivity index (χ2n) is 3.49. The molecular weight excluding hydrogens is 204 g/mol. The third-order valence-electron chi connectivity index (χ3n) is 2.60. The van der Waals surface area contributed by atoms with Crippen LogP contribution in [-0.2, 0) is 6.42 Å². The van der Waals surface area contributed by atoms with E-state index >= 15 is 0 Å². The molecule has 0 N–H and O–H groups in total. The zero-order chi connectivity index (χ0) is 12.1. The van der Waals surface area contributed by atoms with Crippen molar-refractivity contribution in [2.45, 2.75) is 26.7 Å². The van der Waals surface area contributed by atoms with E-state index in [2.05, 4.69) is 0 Å². The molecule has 0 aliphatic heterocycles. The second kappa shape index (κ2) is 5.54. The Bertz CT molecular complexity index is 358. The van der Waals surface area contributed by atoms with E-state index < -0.39 is 0 Å². The lowest BCUT2D eigenvalue weighted by atomic mass is 10.0. The molecule has 0 spiro atoms. The SMILES string of the molecule is CCC(=O)c1cc(OC)c(CC)c(OC)c1. The molecule has 0 fully saturated rings. The van der Waals surface area contributed by atoms with Crippen LogP contribution in [0.2, 0.25) is 0 Å². The van der Waals surface area contributed by atoms with Gasteiger partial charge in [0.1, 0.15) is 11.5 Å². The maximum Gasteiger partial charge on any atom is 0.162 e. The summed E-state index contributed by atoms with van der Waals surface area (Å²) in [4.78, 5) is 11.6. The Balaban J connectivity index is 3.31. The van der Waals surface area contributed by atoms with Crippen LogP contribution in [0.25, 0.3) is 0 Å². The van der Waals surface area contributed by atoms with Crippen LogP contribution >= 0.6 is 0 Å². The Labute approximate surface area is 96.4 Å². The summed E-state index contributed by atoms with van der Waals surface area (Å²) < 4.78 is 10.6. The summed E-state index contributed by atoms with van der Waals surface area (Å²) in [5, 5.41) is 0. The molecule has 88 valence electrons. The van der Waals surface area contributed by atoms with E-state index in [9.17, 15) is 4.79 Å². The van der Waals surface area contributed by atoms with Crippen molar-refractivity contribution in [3.05, 3.63) is 23.3 Å². The van der Waals surface area contributed by atoms with E-state index in [1.807, 2.05) is 13.8 Å². The van der Waals surface area contributed by atoms with E-state index in [0.29, 0.717) is 12.0 Å². The summed E-state index contributed by atoms with van der Waals surface area (Å²) in [6.07, 6.45) is 1.30. The quantitative estimate of drug-likeness (QED) is 0.719. The normalized spacial score (nSPS) is 10.0. The van der Waals surface area contributed by atoms with Gasteiger partial charge in [-0.1, -0.05) is 13.8 Å². The Morgan fingerprint density at radius 2 is 1.62 bits per heavy atom. The van der Waals surface area contributed by atoms with Gasteiger partial charge < -0.3 is 9.47 Å². The van der Waals surface area contributed by atoms with Crippen molar-refractivity contribution in [1.82, 2.24) is 0 Å². The first-order valence-corrected chi connectivity index (χ1v) is 5.45. The molecule has 0 aliphatic rings. The molecule has 3 heteroatoms. The van der Waals surface area contributed by atoms with Crippen molar-refractivity contribution in [1.29, 1.82) is 0 Å². The number of rotatable bonds is 5. The van der Waals surface area contributed by atoms with E-state index in [1.54, 1.807) is 26.4 Å². The van der Waals surface area contributed by atoms with Crippen LogP contribution in [0.5, 0.6) is 11.5 Å². The summed E-state index contributed by atoms with van der Waals surface area (Å²) >= 11 is 0. The minimum atomic E-state index is 0.0965. The highest BCUT2D eigenvalue weighted by molar-refractivity contribution is 5.96. The van der Waals surface area contributed by atoms with Crippen molar-refractivity contribution in [3.63, 3.8) is 0 Å². The number of methoxy groups -OCH3 is 2. The molecule has 0 atom stereocenters. The standard InChI is InChI=1S/C13H18O3/c1-5-10-12(15-3)7-9(11(14)6-2)8-13(10)16-4/h7-8H,5-6H2,1-4H3. The topological polar surface area (TPSA) is 35.5 Å². The molecular formula is C13H18O3. The lowest BCUT2D eigenvalue weighted by Crippen LogP contribution is -2.02. The van der Waals surface area contributed by atoms with Crippen molar-refractivity contribution < 1.29 is 14.3 Å². The van der Waals surface area contributed by atoms with Crippen LogP contribution in [-0.4, -0.2) is 20.0 Å². The molecule has 0 saturated heterocycles. The first kappa shape index (κ1) is 12.6. The van der Waals surface area contributed by atoms with E-state index in [0.717, 1.165) is 23.5 Å². The highest BCUT2D eigenvalue weighted by Gasteiger charge is 2.13. The van der Waals surface area contributed by atoms with E-state index in [1.165, 1.54) is 0 Å². The molecule has 16 heavy (non-hydrogen) atoms. The van der Waals surface area contributed by atoms with Crippen molar-refractivity contribution in [2.75, 3.05) is 14.2 Å². The number of hydrogen-bond donors (Lipinski definition) is 0. The molecule has 0 aliphatic carbocycles. The van der Waals surface area contributed by atoms with E-state index in [-0.39, 0.29) is 5.78 Å². The zero-order valence-corrected chi connectivity index (χ0v) is 10.3. The number of ketones is 1. The van der Waals surface area contributed by atoms with Crippen LogP contribution in [0.1, 0.15) is 36.2 Å². The Morgan fingerprint density at radius 1 is 1.12 bits per heavy atom. The maximum absolute atomic E-state index is 11.6. The molecule has 0 bridgehead atoms. The molecule has 3 nitrogen and oxygen atoms in total. The molecule has 1 rings (SSSR count). The monoisotopic (exact) mass is 222 g/mol. The Kier molecular flexibility index (Phi) is 4.35. The minimum Gasteiger partial charge on any atom is -0.496 e. The van der Waals surface area contributed by atoms with Crippen molar-refractivity contribution in [3.8, 4) is 11.5 Å². The summed E-state index contributed by atoms with van der Waals surface area (Å²) in [5.74, 6) is 1.54. The van der Waals surface area contributed by atoms with Gasteiger partial charge in [0.25, 0.3) is 0 Å². The summed E-state index contributed by atoms with van der Waals surface area (Å²) in [6.45, 7) is 3.87. The van der Waals surface area contributed by atoms with Gasteiger partial charge in [-0.05, 0) is 18.6 Å². The number of Topliss-reactive ketones (excluding diaryl/α,β-unsaturated/α-hetero) is 1. The Morgan fingerprint density at radius 3 is 1.94 bits per heavy atom. The van der Waals surface area contributed by atoms with Gasteiger partial charge in [-0.15, -0.1) is 0 Å². The number of ether oxygens (including phenoxy) is 2. The largest absolute Gasteiger partial charge is 0.496 e. The maximum atomic E-state index is 11.6. The molecule has 1 aromatic rings. The molecule has 0 heterocycles. The van der Waals surface area contributed by atoms with Gasteiger partial charge in [0.2, 0.25) is 0 Å². The van der Waals surface area contributed by atoms with E-state index in [4.69, 9.17) is 9.47 Å². The predicted molar refractivity (Wildman–Crippen MR) is 63.5 cm³/mol. The molecule has 0 unspecified atom stereocenters. The first-order chi connectivity index (χ1) is 7.67. The highest BCUT2D eigenvalue weighted by atomic mass is 16.5. The summed E-state index contributed by atoms with van der Waals surface area (Å²) in [6, 6.07) is 3.57. The number of hydrogen-bond acceptors (Lipinski definition) is 3. The smallest absolute Gasteiger partial charge is 0.162 e. The van der Waals surface area contributed by atoms with Crippen LogP contribution in [0.3, 0.4) is 0 Å². The van der Waals surface area contributed by atoms with Gasteiger partial charge in [-0.25, -0.2) is 0 Å². The lowest BCUT2D eigenvalue weighted by Gasteiger charge is -2.13. The molecule has 0 radical (unpaired) electrons. The minimum absolute atomic E-state index is 0.0965. The fraction of sp³-hybridized carbons (Fsp3) is 0.462. The third-order valence-corrected chi connectivity index (χ3v) is 2.60.